The minimum Gasteiger partial charge on any atom is -0.748 e. The zero-order valence-electron chi connectivity index (χ0n) is 10.3. The number of rotatable bonds is 5. The van der Waals surface area contributed by atoms with Crippen LogP contribution in [0.5, 0.6) is 0 Å². The summed E-state index contributed by atoms with van der Waals surface area (Å²) >= 11 is 1.36. The largest absolute Gasteiger partial charge is 1.00 e. The van der Waals surface area contributed by atoms with Crippen LogP contribution in [0.2, 0.25) is 0 Å². The van der Waals surface area contributed by atoms with Crippen LogP contribution < -0.4 is 18.9 Å². The minimum atomic E-state index is -4.15. The molecule has 0 aliphatic carbocycles. The Morgan fingerprint density at radius 3 is 2.37 bits per heavy atom. The van der Waals surface area contributed by atoms with E-state index in [-0.39, 0.29) is 36.7 Å². The fourth-order valence-corrected chi connectivity index (χ4v) is 2.77. The van der Waals surface area contributed by atoms with Gasteiger partial charge in [-0.1, -0.05) is 18.2 Å². The molecule has 8 heteroatoms. The van der Waals surface area contributed by atoms with E-state index in [1.54, 1.807) is 18.2 Å². The molecule has 19 heavy (non-hydrogen) atoms. The molecule has 0 aliphatic rings. The van der Waals surface area contributed by atoms with Crippen LogP contribution in [0.15, 0.2) is 23.1 Å². The molecule has 1 aromatic carbocycles. The first-order valence-electron chi connectivity index (χ1n) is 4.91. The van der Waals surface area contributed by atoms with Gasteiger partial charge in [0.25, 0.3) is 0 Å². The molecule has 0 saturated heterocycles. The molecule has 0 unspecified atom stereocenters. The van der Waals surface area contributed by atoms with Crippen molar-refractivity contribution < 1.29 is 31.8 Å². The monoisotopic (exact) mass is 288 g/mol. The van der Waals surface area contributed by atoms with Gasteiger partial charge in [0.2, 0.25) is 0 Å². The Kier molecular flexibility index (Phi) is 7.86. The predicted octanol–water partition coefficient (Wildman–Crippen LogP) is -0.180. The number of nitrogens with zero attached hydrogens (tertiary/aromatic N) is 2. The van der Waals surface area contributed by atoms with Crippen LogP contribution in [0.25, 0.3) is 9.69 Å². The molecule has 0 spiro atoms. The van der Waals surface area contributed by atoms with E-state index in [2.05, 4.69) is 9.69 Å². The third kappa shape index (κ3) is 6.68. The summed E-state index contributed by atoms with van der Waals surface area (Å²) in [6.07, 6.45) is 0.272. The molecule has 0 aliphatic heterocycles. The summed E-state index contributed by atoms with van der Waals surface area (Å²) in [5.74, 6) is 0.103. The van der Waals surface area contributed by atoms with E-state index in [1.807, 2.05) is 0 Å². The molecule has 5 nitrogen and oxygen atoms in total. The van der Waals surface area contributed by atoms with E-state index in [0.29, 0.717) is 11.4 Å². The summed E-state index contributed by atoms with van der Waals surface area (Å²) in [4.78, 5) is 7.25. The van der Waals surface area contributed by atoms with Gasteiger partial charge in [0, 0.05) is 5.75 Å². The molecule has 1 aromatic rings. The minimum absolute atomic E-state index is 0. The Morgan fingerprint density at radius 2 is 1.84 bits per heavy atom. The standard InChI is InChI=1S/C11H10N2O3S2.Li/c1-12-10-5-4-9(8-11(10)13-2)17-6-3-7-18(14,15)16;/h4-5,8H,3,6-7H2,(H,14,15,16);/q;+1/p-1. The van der Waals surface area contributed by atoms with Crippen molar-refractivity contribution in [3.05, 3.63) is 41.0 Å². The summed E-state index contributed by atoms with van der Waals surface area (Å²) < 4.78 is 31.2. The van der Waals surface area contributed by atoms with E-state index < -0.39 is 10.1 Å². The first kappa shape index (κ1) is 18.1. The van der Waals surface area contributed by atoms with Gasteiger partial charge in [-0.2, -0.15) is 0 Å². The van der Waals surface area contributed by atoms with Gasteiger partial charge < -0.3 is 4.55 Å². The van der Waals surface area contributed by atoms with Gasteiger partial charge >= 0.3 is 18.9 Å². The Bertz CT molecular complexity index is 618. The quantitative estimate of drug-likeness (QED) is 0.248. The molecular weight excluding hydrogens is 279 g/mol. The smallest absolute Gasteiger partial charge is 0.748 e. The molecule has 0 amide bonds. The van der Waals surface area contributed by atoms with Gasteiger partial charge in [-0.25, -0.2) is 8.42 Å². The second kappa shape index (κ2) is 8.27. The molecule has 0 saturated carbocycles. The van der Waals surface area contributed by atoms with Crippen molar-refractivity contribution in [2.24, 2.45) is 0 Å². The van der Waals surface area contributed by atoms with Crippen LogP contribution in [0.4, 0.5) is 11.4 Å². The molecule has 0 atom stereocenters. The molecule has 0 bridgehead atoms. The van der Waals surface area contributed by atoms with Crippen LogP contribution in [0.1, 0.15) is 6.42 Å². The number of thioether (sulfide) groups is 1. The van der Waals surface area contributed by atoms with E-state index in [1.165, 1.54) is 11.8 Å². The van der Waals surface area contributed by atoms with Crippen molar-refractivity contribution in [3.8, 4) is 0 Å². The molecule has 0 aromatic heterocycles. The number of hydrogen-bond donors (Lipinski definition) is 0. The first-order valence-corrected chi connectivity index (χ1v) is 7.48. The Labute approximate surface area is 129 Å². The molecule has 0 fully saturated rings. The van der Waals surface area contributed by atoms with Gasteiger partial charge in [0.1, 0.15) is 0 Å². The second-order valence-corrected chi connectivity index (χ2v) is 6.03. The van der Waals surface area contributed by atoms with Gasteiger partial charge in [-0.15, -0.1) is 11.8 Å². The normalized spacial score (nSPS) is 10.1. The van der Waals surface area contributed by atoms with Crippen LogP contribution >= 0.6 is 11.8 Å². The molecule has 0 heterocycles. The summed E-state index contributed by atoms with van der Waals surface area (Å²) in [6.45, 7) is 13.8. The Hall–Kier alpha value is -0.943. The maximum absolute atomic E-state index is 10.4. The Balaban J connectivity index is 0.00000324. The van der Waals surface area contributed by atoms with Gasteiger partial charge in [-0.3, -0.25) is 9.69 Å². The third-order valence-corrected chi connectivity index (χ3v) is 3.86. The molecule has 0 radical (unpaired) electrons. The average Bonchev–Trinajstić information content (AvgIpc) is 2.33. The van der Waals surface area contributed by atoms with Crippen LogP contribution in [0, 0.1) is 13.1 Å². The van der Waals surface area contributed by atoms with E-state index in [4.69, 9.17) is 13.1 Å². The second-order valence-electron chi connectivity index (χ2n) is 3.34. The summed E-state index contributed by atoms with van der Waals surface area (Å²) in [5, 5.41) is 0. The predicted molar refractivity (Wildman–Crippen MR) is 68.9 cm³/mol. The SMILES string of the molecule is [C-]#[N+]c1ccc(SCCCS(=O)(=O)[O-])cc1[N+]#[C-].[Li+]. The van der Waals surface area contributed by atoms with Crippen molar-refractivity contribution in [2.45, 2.75) is 11.3 Å². The third-order valence-electron chi connectivity index (χ3n) is 2.00. The van der Waals surface area contributed by atoms with Gasteiger partial charge in [-0.05, 0) is 17.1 Å². The molecular formula is C11H9LiN2O3S2. The van der Waals surface area contributed by atoms with Crippen molar-refractivity contribution in [3.63, 3.8) is 0 Å². The van der Waals surface area contributed by atoms with Crippen LogP contribution in [-0.2, 0) is 10.1 Å². The summed E-state index contributed by atoms with van der Waals surface area (Å²) in [6, 6.07) is 4.86. The topological polar surface area (TPSA) is 65.9 Å². The molecule has 0 N–H and O–H groups in total. The molecule has 1 rings (SSSR count). The summed E-state index contributed by atoms with van der Waals surface area (Å²) in [7, 11) is -4.15. The van der Waals surface area contributed by atoms with Crippen LogP contribution in [0.3, 0.4) is 0 Å². The van der Waals surface area contributed by atoms with Gasteiger partial charge in [0.15, 0.2) is 11.4 Å². The van der Waals surface area contributed by atoms with Crippen LogP contribution in [-0.4, -0.2) is 24.5 Å². The Morgan fingerprint density at radius 1 is 1.21 bits per heavy atom. The average molecular weight is 288 g/mol. The molecule has 94 valence electrons. The van der Waals surface area contributed by atoms with Crippen molar-refractivity contribution in [1.29, 1.82) is 0 Å². The van der Waals surface area contributed by atoms with Crippen molar-refractivity contribution >= 4 is 33.3 Å². The van der Waals surface area contributed by atoms with E-state index >= 15 is 0 Å². The van der Waals surface area contributed by atoms with Gasteiger partial charge in [0.05, 0.1) is 23.3 Å². The summed E-state index contributed by atoms with van der Waals surface area (Å²) in [5.41, 5.74) is 0.586. The zero-order chi connectivity index (χ0) is 13.6. The fourth-order valence-electron chi connectivity index (χ4n) is 1.20. The van der Waals surface area contributed by atoms with E-state index in [9.17, 15) is 13.0 Å². The fraction of sp³-hybridized carbons (Fsp3) is 0.273. The number of benzene rings is 1. The van der Waals surface area contributed by atoms with Crippen molar-refractivity contribution in [2.75, 3.05) is 11.5 Å². The van der Waals surface area contributed by atoms with Crippen molar-refractivity contribution in [1.82, 2.24) is 0 Å². The first-order chi connectivity index (χ1) is 8.46. The number of hydrogen-bond acceptors (Lipinski definition) is 4. The maximum atomic E-state index is 10.4. The van der Waals surface area contributed by atoms with E-state index in [0.717, 1.165) is 4.90 Å². The maximum Gasteiger partial charge on any atom is 1.00 e. The zero-order valence-corrected chi connectivity index (χ0v) is 11.9.